The topological polar surface area (TPSA) is 101 Å². The van der Waals surface area contributed by atoms with Gasteiger partial charge in [0.05, 0.1) is 0 Å². The van der Waals surface area contributed by atoms with Gasteiger partial charge in [-0.15, -0.1) is 0 Å². The van der Waals surface area contributed by atoms with Crippen molar-refractivity contribution in [2.45, 2.75) is 6.92 Å². The van der Waals surface area contributed by atoms with Crippen LogP contribution in [0.5, 0.6) is 17.2 Å². The molecule has 0 aliphatic carbocycles. The number of phenolic OH excluding ortho intramolecular Hbond substituents is 3. The average Bonchev–Trinajstić information content (AvgIpc) is 2.43. The van der Waals surface area contributed by atoms with Gasteiger partial charge in [0.2, 0.25) is 5.91 Å². The largest absolute Gasteiger partial charge is 0.504 e. The Morgan fingerprint density at radius 3 is 1.85 bits per heavy atom. The van der Waals surface area contributed by atoms with Crippen LogP contribution >= 0.6 is 0 Å². The van der Waals surface area contributed by atoms with E-state index in [1.807, 2.05) is 0 Å². The Bertz CT molecular complexity index is 527. The molecule has 2 amide bonds. The van der Waals surface area contributed by atoms with E-state index in [2.05, 4.69) is 0 Å². The zero-order chi connectivity index (χ0) is 14.9. The van der Waals surface area contributed by atoms with Crippen molar-refractivity contribution in [3.8, 4) is 17.2 Å². The first-order valence-electron chi connectivity index (χ1n) is 6.20. The minimum atomic E-state index is -0.650. The van der Waals surface area contributed by atoms with Crippen molar-refractivity contribution >= 4 is 11.8 Å². The van der Waals surface area contributed by atoms with Gasteiger partial charge in [-0.3, -0.25) is 9.59 Å². The number of piperazine rings is 1. The third kappa shape index (κ3) is 2.61. The molecule has 0 saturated carbocycles. The lowest BCUT2D eigenvalue weighted by molar-refractivity contribution is -0.130. The molecule has 0 atom stereocenters. The molecule has 1 aromatic carbocycles. The van der Waals surface area contributed by atoms with Crippen molar-refractivity contribution in [2.24, 2.45) is 0 Å². The van der Waals surface area contributed by atoms with E-state index < -0.39 is 17.2 Å². The molecule has 0 radical (unpaired) electrons. The Morgan fingerprint density at radius 2 is 1.40 bits per heavy atom. The van der Waals surface area contributed by atoms with Crippen LogP contribution in [0.3, 0.4) is 0 Å². The second kappa shape index (κ2) is 5.28. The van der Waals surface area contributed by atoms with E-state index in [0.29, 0.717) is 26.2 Å². The lowest BCUT2D eigenvalue weighted by Gasteiger charge is -2.34. The molecule has 2 rings (SSSR count). The minimum Gasteiger partial charge on any atom is -0.504 e. The Morgan fingerprint density at radius 1 is 0.950 bits per heavy atom. The van der Waals surface area contributed by atoms with Gasteiger partial charge < -0.3 is 25.1 Å². The number of aromatic hydroxyl groups is 3. The number of benzene rings is 1. The molecule has 1 fully saturated rings. The van der Waals surface area contributed by atoms with Gasteiger partial charge in [-0.1, -0.05) is 0 Å². The summed E-state index contributed by atoms with van der Waals surface area (Å²) in [6, 6.07) is 2.21. The maximum Gasteiger partial charge on any atom is 0.254 e. The summed E-state index contributed by atoms with van der Waals surface area (Å²) in [7, 11) is 0. The maximum absolute atomic E-state index is 12.2. The van der Waals surface area contributed by atoms with Gasteiger partial charge in [0.25, 0.3) is 5.91 Å². The molecule has 1 heterocycles. The van der Waals surface area contributed by atoms with Crippen LogP contribution in [0.2, 0.25) is 0 Å². The third-order valence-electron chi connectivity index (χ3n) is 3.33. The summed E-state index contributed by atoms with van der Waals surface area (Å²) in [6.07, 6.45) is 0. The highest BCUT2D eigenvalue weighted by molar-refractivity contribution is 5.95. The van der Waals surface area contributed by atoms with Crippen molar-refractivity contribution in [2.75, 3.05) is 26.2 Å². The molecule has 0 spiro atoms. The molecule has 0 bridgehead atoms. The number of hydrogen-bond donors (Lipinski definition) is 3. The van der Waals surface area contributed by atoms with Gasteiger partial charge in [-0.2, -0.15) is 0 Å². The van der Waals surface area contributed by atoms with Crippen LogP contribution in [0.15, 0.2) is 12.1 Å². The second-order valence-corrected chi connectivity index (χ2v) is 4.66. The Kier molecular flexibility index (Phi) is 3.69. The van der Waals surface area contributed by atoms with E-state index in [4.69, 9.17) is 0 Å². The monoisotopic (exact) mass is 280 g/mol. The average molecular weight is 280 g/mol. The van der Waals surface area contributed by atoms with E-state index in [1.54, 1.807) is 4.90 Å². The van der Waals surface area contributed by atoms with Crippen LogP contribution < -0.4 is 0 Å². The van der Waals surface area contributed by atoms with E-state index in [9.17, 15) is 24.9 Å². The van der Waals surface area contributed by atoms with Crippen LogP contribution in [-0.4, -0.2) is 63.1 Å². The Hall–Kier alpha value is -2.44. The van der Waals surface area contributed by atoms with Crippen LogP contribution in [0.4, 0.5) is 0 Å². The highest BCUT2D eigenvalue weighted by atomic mass is 16.3. The quantitative estimate of drug-likeness (QED) is 0.634. The van der Waals surface area contributed by atoms with Crippen LogP contribution in [0, 0.1) is 0 Å². The van der Waals surface area contributed by atoms with Crippen molar-refractivity contribution in [1.29, 1.82) is 0 Å². The van der Waals surface area contributed by atoms with Crippen molar-refractivity contribution in [3.63, 3.8) is 0 Å². The SMILES string of the molecule is CC(=O)N1CCN(C(=O)c2cc(O)c(O)c(O)c2)CC1. The summed E-state index contributed by atoms with van der Waals surface area (Å²) >= 11 is 0. The molecule has 0 unspecified atom stereocenters. The number of carbonyl (C=O) groups is 2. The zero-order valence-corrected chi connectivity index (χ0v) is 11.0. The van der Waals surface area contributed by atoms with Gasteiger partial charge in [-0.05, 0) is 12.1 Å². The highest BCUT2D eigenvalue weighted by Crippen LogP contribution is 2.35. The summed E-state index contributed by atoms with van der Waals surface area (Å²) < 4.78 is 0. The summed E-state index contributed by atoms with van der Waals surface area (Å²) in [5, 5.41) is 28.1. The van der Waals surface area contributed by atoms with Gasteiger partial charge in [-0.25, -0.2) is 0 Å². The molecule has 108 valence electrons. The Labute approximate surface area is 115 Å². The van der Waals surface area contributed by atoms with E-state index >= 15 is 0 Å². The van der Waals surface area contributed by atoms with Gasteiger partial charge in [0.1, 0.15) is 0 Å². The van der Waals surface area contributed by atoms with Gasteiger partial charge >= 0.3 is 0 Å². The van der Waals surface area contributed by atoms with Gasteiger partial charge in [0.15, 0.2) is 17.2 Å². The molecule has 1 aliphatic rings. The first kappa shape index (κ1) is 14.0. The normalized spacial score (nSPS) is 15.2. The van der Waals surface area contributed by atoms with Crippen LogP contribution in [0.1, 0.15) is 17.3 Å². The second-order valence-electron chi connectivity index (χ2n) is 4.66. The lowest BCUT2D eigenvalue weighted by Crippen LogP contribution is -2.50. The van der Waals surface area contributed by atoms with Gasteiger partial charge in [0, 0.05) is 38.7 Å². The molecule has 1 saturated heterocycles. The van der Waals surface area contributed by atoms with E-state index in [0.717, 1.165) is 12.1 Å². The lowest BCUT2D eigenvalue weighted by atomic mass is 10.1. The third-order valence-corrected chi connectivity index (χ3v) is 3.33. The minimum absolute atomic E-state index is 0.0305. The highest BCUT2D eigenvalue weighted by Gasteiger charge is 2.24. The fourth-order valence-electron chi connectivity index (χ4n) is 2.13. The Balaban J connectivity index is 2.11. The van der Waals surface area contributed by atoms with E-state index in [-0.39, 0.29) is 17.4 Å². The van der Waals surface area contributed by atoms with Crippen LogP contribution in [0.25, 0.3) is 0 Å². The summed E-state index contributed by atoms with van der Waals surface area (Å²) in [4.78, 5) is 26.6. The fraction of sp³-hybridized carbons (Fsp3) is 0.385. The summed E-state index contributed by atoms with van der Waals surface area (Å²) in [6.45, 7) is 3.17. The molecule has 3 N–H and O–H groups in total. The number of nitrogens with zero attached hydrogens (tertiary/aromatic N) is 2. The molecular formula is C13H16N2O5. The molecule has 1 aliphatic heterocycles. The van der Waals surface area contributed by atoms with E-state index in [1.165, 1.54) is 11.8 Å². The molecule has 7 nitrogen and oxygen atoms in total. The van der Waals surface area contributed by atoms with Crippen molar-refractivity contribution < 1.29 is 24.9 Å². The predicted octanol–water partition coefficient (Wildman–Crippen LogP) is 0.108. The molecule has 20 heavy (non-hydrogen) atoms. The first-order valence-corrected chi connectivity index (χ1v) is 6.20. The molecule has 1 aromatic rings. The zero-order valence-electron chi connectivity index (χ0n) is 11.0. The summed E-state index contributed by atoms with van der Waals surface area (Å²) in [5.74, 6) is -2.13. The number of rotatable bonds is 1. The number of hydrogen-bond acceptors (Lipinski definition) is 5. The summed E-state index contributed by atoms with van der Waals surface area (Å²) in [5.41, 5.74) is 0.0917. The smallest absolute Gasteiger partial charge is 0.254 e. The number of phenols is 3. The number of amides is 2. The molecule has 0 aromatic heterocycles. The van der Waals surface area contributed by atoms with Crippen molar-refractivity contribution in [1.82, 2.24) is 9.80 Å². The molecular weight excluding hydrogens is 264 g/mol. The number of carbonyl (C=O) groups excluding carboxylic acids is 2. The predicted molar refractivity (Wildman–Crippen MR) is 69.6 cm³/mol. The molecule has 7 heteroatoms. The standard InChI is InChI=1S/C13H16N2O5/c1-8(16)14-2-4-15(5-3-14)13(20)9-6-10(17)12(19)11(18)7-9/h6-7,17-19H,2-5H2,1H3. The fourth-order valence-corrected chi connectivity index (χ4v) is 2.13. The van der Waals surface area contributed by atoms with Crippen LogP contribution in [-0.2, 0) is 4.79 Å². The van der Waals surface area contributed by atoms with Crippen molar-refractivity contribution in [3.05, 3.63) is 17.7 Å². The first-order chi connectivity index (χ1) is 9.40. The maximum atomic E-state index is 12.2.